The molecule has 1 aliphatic rings. The Balaban J connectivity index is 1.88. The Kier molecular flexibility index (Phi) is 7.12. The lowest BCUT2D eigenvalue weighted by Gasteiger charge is -2.29. The van der Waals surface area contributed by atoms with Crippen LogP contribution >= 0.6 is 0 Å². The molecule has 1 aliphatic heterocycles. The Morgan fingerprint density at radius 2 is 1.83 bits per heavy atom. The molecule has 0 spiro atoms. The number of rotatable bonds is 8. The van der Waals surface area contributed by atoms with Crippen LogP contribution in [-0.2, 0) is 9.53 Å². The van der Waals surface area contributed by atoms with E-state index < -0.39 is 12.0 Å². The molecule has 1 unspecified atom stereocenters. The zero-order valence-electron chi connectivity index (χ0n) is 17.7. The Hall–Kier alpha value is -3.28. The van der Waals surface area contributed by atoms with Crippen LogP contribution in [0.5, 0.6) is 11.5 Å². The van der Waals surface area contributed by atoms with Crippen LogP contribution in [0.3, 0.4) is 0 Å². The minimum Gasteiger partial charge on any atom is -0.463 e. The fourth-order valence-corrected chi connectivity index (χ4v) is 3.41. The van der Waals surface area contributed by atoms with Crippen LogP contribution in [0.1, 0.15) is 50.3 Å². The Labute approximate surface area is 177 Å². The fourth-order valence-electron chi connectivity index (χ4n) is 3.41. The van der Waals surface area contributed by atoms with E-state index in [0.29, 0.717) is 23.4 Å². The Bertz CT molecular complexity index is 934. The molecule has 0 aromatic heterocycles. The number of carbonyl (C=O) groups excluding carboxylic acids is 2. The van der Waals surface area contributed by atoms with Crippen molar-refractivity contribution in [2.24, 2.45) is 0 Å². The van der Waals surface area contributed by atoms with Crippen LogP contribution in [0.15, 0.2) is 59.8 Å². The number of hydrogen-bond donors (Lipinski definition) is 2. The molecule has 0 saturated carbocycles. The second kappa shape index (κ2) is 9.96. The van der Waals surface area contributed by atoms with Crippen molar-refractivity contribution in [1.82, 2.24) is 10.6 Å². The summed E-state index contributed by atoms with van der Waals surface area (Å²) < 4.78 is 11.2. The van der Waals surface area contributed by atoms with E-state index in [1.54, 1.807) is 6.92 Å². The summed E-state index contributed by atoms with van der Waals surface area (Å²) in [5.41, 5.74) is 2.99. The van der Waals surface area contributed by atoms with Gasteiger partial charge in [-0.1, -0.05) is 37.6 Å². The van der Waals surface area contributed by atoms with E-state index in [1.165, 1.54) is 0 Å². The second-order valence-corrected chi connectivity index (χ2v) is 7.24. The summed E-state index contributed by atoms with van der Waals surface area (Å²) in [6.45, 7) is 6.12. The maximum atomic E-state index is 12.7. The molecule has 0 aliphatic carbocycles. The Morgan fingerprint density at radius 3 is 2.50 bits per heavy atom. The maximum Gasteiger partial charge on any atom is 0.338 e. The van der Waals surface area contributed by atoms with Crippen LogP contribution in [0.25, 0.3) is 0 Å². The summed E-state index contributed by atoms with van der Waals surface area (Å²) in [6.07, 6.45) is 2.44. The molecular formula is C24H28N2O4. The Morgan fingerprint density at radius 1 is 1.07 bits per heavy atom. The van der Waals surface area contributed by atoms with Gasteiger partial charge in [0.05, 0.1) is 18.2 Å². The number of nitrogens with one attached hydrogen (secondary N) is 2. The van der Waals surface area contributed by atoms with Gasteiger partial charge in [-0.3, -0.25) is 0 Å². The average Bonchev–Trinajstić information content (AvgIpc) is 2.72. The number of carbonyl (C=O) groups is 2. The van der Waals surface area contributed by atoms with Crippen molar-refractivity contribution in [1.29, 1.82) is 0 Å². The van der Waals surface area contributed by atoms with Gasteiger partial charge in [-0.2, -0.15) is 0 Å². The molecule has 2 amide bonds. The lowest BCUT2D eigenvalue weighted by molar-refractivity contribution is -0.139. The highest BCUT2D eigenvalue weighted by atomic mass is 16.5. The van der Waals surface area contributed by atoms with Gasteiger partial charge >= 0.3 is 12.0 Å². The highest BCUT2D eigenvalue weighted by Gasteiger charge is 2.33. The summed E-state index contributed by atoms with van der Waals surface area (Å²) in [6, 6.07) is 14.3. The number of amides is 2. The maximum absolute atomic E-state index is 12.7. The summed E-state index contributed by atoms with van der Waals surface area (Å²) in [5.74, 6) is 1.02. The van der Waals surface area contributed by atoms with Crippen LogP contribution in [0.2, 0.25) is 0 Å². The summed E-state index contributed by atoms with van der Waals surface area (Å²) in [4.78, 5) is 25.0. The standard InChI is InChI=1S/C24H28N2O4/c1-4-6-10-20-21(23(27)29-5-2)22(26-24(28)25-20)17-11-13-18(14-12-17)30-19-9-7-8-16(3)15-19/h7-9,11-15,22H,4-6,10H2,1-3H3,(H2,25,26,28). The van der Waals surface area contributed by atoms with Crippen molar-refractivity contribution in [3.63, 3.8) is 0 Å². The molecule has 0 radical (unpaired) electrons. The zero-order valence-corrected chi connectivity index (χ0v) is 17.7. The zero-order chi connectivity index (χ0) is 21.5. The number of benzene rings is 2. The van der Waals surface area contributed by atoms with E-state index in [0.717, 1.165) is 29.7 Å². The molecule has 2 N–H and O–H groups in total. The van der Waals surface area contributed by atoms with E-state index in [1.807, 2.05) is 55.5 Å². The molecule has 6 heteroatoms. The molecule has 6 nitrogen and oxygen atoms in total. The van der Waals surface area contributed by atoms with E-state index in [-0.39, 0.29) is 12.6 Å². The minimum atomic E-state index is -0.572. The normalized spacial score (nSPS) is 16.0. The number of unbranched alkanes of at least 4 members (excludes halogenated alkanes) is 1. The SMILES string of the molecule is CCCCC1=C(C(=O)OCC)C(c2ccc(Oc3cccc(C)c3)cc2)NC(=O)N1. The number of aryl methyl sites for hydroxylation is 1. The van der Waals surface area contributed by atoms with Gasteiger partial charge in [-0.25, -0.2) is 9.59 Å². The molecule has 0 saturated heterocycles. The quantitative estimate of drug-likeness (QED) is 0.592. The largest absolute Gasteiger partial charge is 0.463 e. The predicted octanol–water partition coefficient (Wildman–Crippen LogP) is 5.15. The van der Waals surface area contributed by atoms with Crippen LogP contribution in [0, 0.1) is 6.92 Å². The van der Waals surface area contributed by atoms with Crippen LogP contribution in [-0.4, -0.2) is 18.6 Å². The van der Waals surface area contributed by atoms with Crippen molar-refractivity contribution in [3.8, 4) is 11.5 Å². The van der Waals surface area contributed by atoms with Crippen molar-refractivity contribution in [2.45, 2.75) is 46.1 Å². The predicted molar refractivity (Wildman–Crippen MR) is 115 cm³/mol. The van der Waals surface area contributed by atoms with E-state index >= 15 is 0 Å². The molecular weight excluding hydrogens is 380 g/mol. The van der Waals surface area contributed by atoms with Gasteiger partial charge in [0.2, 0.25) is 0 Å². The average molecular weight is 408 g/mol. The van der Waals surface area contributed by atoms with Gasteiger partial charge in [0.1, 0.15) is 11.5 Å². The molecule has 1 heterocycles. The first kappa shape index (κ1) is 21.4. The third-order valence-corrected chi connectivity index (χ3v) is 4.87. The van der Waals surface area contributed by atoms with Gasteiger partial charge in [0, 0.05) is 5.70 Å². The molecule has 158 valence electrons. The van der Waals surface area contributed by atoms with Crippen molar-refractivity contribution < 1.29 is 19.1 Å². The van der Waals surface area contributed by atoms with Crippen LogP contribution < -0.4 is 15.4 Å². The third kappa shape index (κ3) is 5.20. The molecule has 3 rings (SSSR count). The first-order chi connectivity index (χ1) is 14.5. The van der Waals surface area contributed by atoms with Crippen molar-refractivity contribution in [2.75, 3.05) is 6.61 Å². The van der Waals surface area contributed by atoms with E-state index in [9.17, 15) is 9.59 Å². The number of ether oxygens (including phenoxy) is 2. The van der Waals surface area contributed by atoms with Gasteiger partial charge in [-0.05, 0) is 62.1 Å². The van der Waals surface area contributed by atoms with Gasteiger partial charge in [0.25, 0.3) is 0 Å². The van der Waals surface area contributed by atoms with Crippen molar-refractivity contribution in [3.05, 3.63) is 70.9 Å². The smallest absolute Gasteiger partial charge is 0.338 e. The lowest BCUT2D eigenvalue weighted by Crippen LogP contribution is -2.46. The molecule has 30 heavy (non-hydrogen) atoms. The summed E-state index contributed by atoms with van der Waals surface area (Å²) >= 11 is 0. The lowest BCUT2D eigenvalue weighted by atomic mass is 9.93. The highest BCUT2D eigenvalue weighted by molar-refractivity contribution is 5.95. The molecule has 0 fully saturated rings. The second-order valence-electron chi connectivity index (χ2n) is 7.24. The first-order valence-corrected chi connectivity index (χ1v) is 10.3. The minimum absolute atomic E-state index is 0.271. The number of esters is 1. The molecule has 2 aromatic rings. The number of allylic oxidation sites excluding steroid dienone is 1. The highest BCUT2D eigenvalue weighted by Crippen LogP contribution is 2.31. The monoisotopic (exact) mass is 408 g/mol. The van der Waals surface area contributed by atoms with E-state index in [4.69, 9.17) is 9.47 Å². The van der Waals surface area contributed by atoms with Crippen molar-refractivity contribution >= 4 is 12.0 Å². The summed E-state index contributed by atoms with van der Waals surface area (Å²) in [5, 5.41) is 5.65. The van der Waals surface area contributed by atoms with E-state index in [2.05, 4.69) is 17.6 Å². The van der Waals surface area contributed by atoms with Crippen LogP contribution in [0.4, 0.5) is 4.79 Å². The molecule has 0 bridgehead atoms. The van der Waals surface area contributed by atoms with Gasteiger partial charge < -0.3 is 20.1 Å². The fraction of sp³-hybridized carbons (Fsp3) is 0.333. The van der Waals surface area contributed by atoms with Gasteiger partial charge in [0.15, 0.2) is 0 Å². The van der Waals surface area contributed by atoms with Gasteiger partial charge in [-0.15, -0.1) is 0 Å². The summed E-state index contributed by atoms with van der Waals surface area (Å²) in [7, 11) is 0. The molecule has 1 atom stereocenters. The number of urea groups is 1. The topological polar surface area (TPSA) is 76.7 Å². The molecule has 2 aromatic carbocycles. The third-order valence-electron chi connectivity index (χ3n) is 4.87. The first-order valence-electron chi connectivity index (χ1n) is 10.3. The number of hydrogen-bond acceptors (Lipinski definition) is 4.